The molecule has 1 aromatic carbocycles. The third-order valence-corrected chi connectivity index (χ3v) is 5.86. The summed E-state index contributed by atoms with van der Waals surface area (Å²) in [5.74, 6) is -0.490. The molecular formula is C19H18N2O2S. The molecule has 1 aromatic heterocycles. The second-order valence-corrected chi connectivity index (χ2v) is 8.18. The van der Waals surface area contributed by atoms with Gasteiger partial charge in [0.2, 0.25) is 0 Å². The lowest BCUT2D eigenvalue weighted by atomic mass is 10.1. The van der Waals surface area contributed by atoms with E-state index in [1.54, 1.807) is 12.3 Å². The zero-order chi connectivity index (χ0) is 17.0. The van der Waals surface area contributed by atoms with E-state index in [-0.39, 0.29) is 5.25 Å². The van der Waals surface area contributed by atoms with Crippen molar-refractivity contribution in [3.8, 4) is 11.1 Å². The molecule has 122 valence electrons. The van der Waals surface area contributed by atoms with Crippen LogP contribution in [-0.4, -0.2) is 26.6 Å². The minimum Gasteiger partial charge on any atom is -0.266 e. The average molecular weight is 338 g/mol. The smallest absolute Gasteiger partial charge is 0.266 e. The van der Waals surface area contributed by atoms with Crippen LogP contribution in [0.1, 0.15) is 16.8 Å². The highest BCUT2D eigenvalue weighted by molar-refractivity contribution is 7.94. The maximum Gasteiger partial charge on any atom is 0.286 e. The van der Waals surface area contributed by atoms with Gasteiger partial charge in [-0.15, -0.1) is 0 Å². The second-order valence-electron chi connectivity index (χ2n) is 5.67. The van der Waals surface area contributed by atoms with Crippen molar-refractivity contribution in [2.75, 3.05) is 6.26 Å². The zero-order valence-electron chi connectivity index (χ0n) is 13.3. The number of nitrogens with zero attached hydrogens (tertiary/aromatic N) is 2. The van der Waals surface area contributed by atoms with Gasteiger partial charge >= 0.3 is 0 Å². The van der Waals surface area contributed by atoms with Crippen molar-refractivity contribution >= 4 is 15.6 Å². The van der Waals surface area contributed by atoms with E-state index in [9.17, 15) is 9.00 Å². The van der Waals surface area contributed by atoms with Crippen molar-refractivity contribution in [3.63, 3.8) is 0 Å². The Balaban J connectivity index is 1.91. The first-order valence-corrected chi connectivity index (χ1v) is 9.64. The number of hydrogen-bond donors (Lipinski definition) is 0. The van der Waals surface area contributed by atoms with Crippen molar-refractivity contribution < 1.29 is 9.00 Å². The van der Waals surface area contributed by atoms with Gasteiger partial charge in [0.15, 0.2) is 0 Å². The highest BCUT2D eigenvalue weighted by atomic mass is 32.2. The summed E-state index contributed by atoms with van der Waals surface area (Å²) in [6, 6.07) is 11.4. The Bertz CT molecular complexity index is 923. The monoisotopic (exact) mass is 338 g/mol. The molecule has 0 saturated heterocycles. The van der Waals surface area contributed by atoms with Gasteiger partial charge in [-0.25, -0.2) is 4.21 Å². The maximum atomic E-state index is 12.8. The summed E-state index contributed by atoms with van der Waals surface area (Å²) < 4.78 is 16.8. The minimum absolute atomic E-state index is 0.239. The molecule has 0 radical (unpaired) electrons. The van der Waals surface area contributed by atoms with E-state index in [0.29, 0.717) is 12.0 Å². The first kappa shape index (κ1) is 16.3. The normalized spacial score (nSPS) is 18.8. The van der Waals surface area contributed by atoms with Gasteiger partial charge in [-0.2, -0.15) is 4.36 Å². The van der Waals surface area contributed by atoms with E-state index >= 15 is 0 Å². The van der Waals surface area contributed by atoms with Crippen LogP contribution < -0.4 is 0 Å². The molecule has 0 spiro atoms. The van der Waals surface area contributed by atoms with Gasteiger partial charge in [0.1, 0.15) is 0 Å². The SMILES string of the molecule is C[S@@](=O)(=NC(=O)c1cncc(-c2ccccc2)c1)C1C=CC=CC1. The molecule has 0 bridgehead atoms. The number of pyridine rings is 1. The van der Waals surface area contributed by atoms with Crippen molar-refractivity contribution in [2.45, 2.75) is 11.7 Å². The Kier molecular flexibility index (Phi) is 4.71. The Hall–Kier alpha value is -2.53. The third-order valence-electron chi connectivity index (χ3n) is 3.86. The molecule has 5 heteroatoms. The van der Waals surface area contributed by atoms with E-state index in [2.05, 4.69) is 9.35 Å². The van der Waals surface area contributed by atoms with Gasteiger partial charge in [0.05, 0.1) is 20.5 Å². The number of carbonyl (C=O) groups is 1. The fourth-order valence-corrected chi connectivity index (χ4v) is 3.93. The summed E-state index contributed by atoms with van der Waals surface area (Å²) in [7, 11) is -2.65. The average Bonchev–Trinajstić information content (AvgIpc) is 2.63. The maximum absolute atomic E-state index is 12.8. The number of carbonyl (C=O) groups excluding carboxylic acids is 1. The number of aromatic nitrogens is 1. The van der Waals surface area contributed by atoms with Crippen LogP contribution in [0.2, 0.25) is 0 Å². The van der Waals surface area contributed by atoms with Crippen LogP contribution in [0.5, 0.6) is 0 Å². The van der Waals surface area contributed by atoms with Gasteiger partial charge in [-0.3, -0.25) is 9.78 Å². The minimum atomic E-state index is -2.65. The van der Waals surface area contributed by atoms with E-state index in [4.69, 9.17) is 0 Å². The lowest BCUT2D eigenvalue weighted by Crippen LogP contribution is -2.19. The van der Waals surface area contributed by atoms with Crippen LogP contribution in [-0.2, 0) is 9.73 Å². The van der Waals surface area contributed by atoms with Crippen LogP contribution in [0.4, 0.5) is 0 Å². The second kappa shape index (κ2) is 6.93. The lowest BCUT2D eigenvalue weighted by molar-refractivity contribution is 0.100. The Morgan fingerprint density at radius 1 is 1.17 bits per heavy atom. The number of allylic oxidation sites excluding steroid dienone is 3. The van der Waals surface area contributed by atoms with Crippen molar-refractivity contribution in [3.05, 3.63) is 78.7 Å². The molecule has 3 rings (SSSR count). The van der Waals surface area contributed by atoms with Crippen LogP contribution >= 0.6 is 0 Å². The molecule has 0 saturated carbocycles. The van der Waals surface area contributed by atoms with Gasteiger partial charge in [-0.1, -0.05) is 54.6 Å². The van der Waals surface area contributed by atoms with Crippen LogP contribution in [0, 0.1) is 0 Å². The summed E-state index contributed by atoms with van der Waals surface area (Å²) >= 11 is 0. The first-order valence-electron chi connectivity index (χ1n) is 7.65. The van der Waals surface area contributed by atoms with Gasteiger partial charge in [0.25, 0.3) is 5.91 Å². The van der Waals surface area contributed by atoms with Crippen molar-refractivity contribution in [1.82, 2.24) is 4.98 Å². The first-order chi connectivity index (χ1) is 11.6. The molecule has 1 heterocycles. The Morgan fingerprint density at radius 2 is 1.96 bits per heavy atom. The highest BCUT2D eigenvalue weighted by Crippen LogP contribution is 2.20. The summed E-state index contributed by atoms with van der Waals surface area (Å²) in [5, 5.41) is -0.239. The molecule has 1 aliphatic carbocycles. The summed E-state index contributed by atoms with van der Waals surface area (Å²) in [6.45, 7) is 0. The predicted molar refractivity (Wildman–Crippen MR) is 97.2 cm³/mol. The predicted octanol–water partition coefficient (Wildman–Crippen LogP) is 3.87. The standard InChI is InChI=1S/C19H18N2O2S/c1-24(23,18-10-6-3-7-11-18)21-19(22)17-12-16(13-20-14-17)15-8-4-2-5-9-15/h2-10,12-14,18H,11H2,1H3/t18?,24-/m0/s1. The molecule has 2 atom stereocenters. The van der Waals surface area contributed by atoms with Crippen LogP contribution in [0.25, 0.3) is 11.1 Å². The van der Waals surface area contributed by atoms with E-state index in [1.807, 2.05) is 54.6 Å². The van der Waals surface area contributed by atoms with Gasteiger partial charge in [0, 0.05) is 24.2 Å². The van der Waals surface area contributed by atoms with Crippen LogP contribution in [0.15, 0.2) is 77.5 Å². The summed E-state index contributed by atoms with van der Waals surface area (Å²) in [5.41, 5.74) is 2.15. The molecular weight excluding hydrogens is 320 g/mol. The molecule has 4 nitrogen and oxygen atoms in total. The Labute approximate surface area is 142 Å². The zero-order valence-corrected chi connectivity index (χ0v) is 14.1. The molecule has 1 unspecified atom stereocenters. The van der Waals surface area contributed by atoms with Crippen molar-refractivity contribution in [2.24, 2.45) is 4.36 Å². The molecule has 2 aromatic rings. The van der Waals surface area contributed by atoms with E-state index < -0.39 is 15.6 Å². The number of benzene rings is 1. The quantitative estimate of drug-likeness (QED) is 0.853. The molecule has 24 heavy (non-hydrogen) atoms. The third kappa shape index (κ3) is 3.68. The van der Waals surface area contributed by atoms with E-state index in [0.717, 1.165) is 11.1 Å². The topological polar surface area (TPSA) is 59.4 Å². The summed E-state index contributed by atoms with van der Waals surface area (Å²) in [4.78, 5) is 16.6. The lowest BCUT2D eigenvalue weighted by Gasteiger charge is -2.14. The molecule has 0 aliphatic heterocycles. The largest absolute Gasteiger partial charge is 0.286 e. The van der Waals surface area contributed by atoms with E-state index in [1.165, 1.54) is 12.5 Å². The molecule has 0 fully saturated rings. The fourth-order valence-electron chi connectivity index (χ4n) is 2.51. The number of hydrogen-bond acceptors (Lipinski definition) is 3. The highest BCUT2D eigenvalue weighted by Gasteiger charge is 2.19. The number of rotatable bonds is 3. The molecule has 0 N–H and O–H groups in total. The Morgan fingerprint density at radius 3 is 2.67 bits per heavy atom. The molecule has 1 aliphatic rings. The fraction of sp³-hybridized carbons (Fsp3) is 0.158. The summed E-state index contributed by atoms with van der Waals surface area (Å²) in [6.07, 6.45) is 12.9. The van der Waals surface area contributed by atoms with Gasteiger partial charge < -0.3 is 0 Å². The number of amides is 1. The van der Waals surface area contributed by atoms with Crippen molar-refractivity contribution in [1.29, 1.82) is 0 Å². The van der Waals surface area contributed by atoms with Gasteiger partial charge in [-0.05, 0) is 18.1 Å². The van der Waals surface area contributed by atoms with Crippen LogP contribution in [0.3, 0.4) is 0 Å². The molecule has 1 amide bonds.